The van der Waals surface area contributed by atoms with Crippen LogP contribution in [-0.2, 0) is 10.0 Å². The molecule has 96 valence electrons. The van der Waals surface area contributed by atoms with E-state index in [4.69, 9.17) is 0 Å². The summed E-state index contributed by atoms with van der Waals surface area (Å²) in [5.74, 6) is 0.291. The van der Waals surface area contributed by atoms with E-state index in [1.807, 2.05) is 6.92 Å². The van der Waals surface area contributed by atoms with Gasteiger partial charge in [0.2, 0.25) is 10.0 Å². The summed E-state index contributed by atoms with van der Waals surface area (Å²) in [6.07, 6.45) is 3.93. The van der Waals surface area contributed by atoms with E-state index in [1.54, 1.807) is 4.31 Å². The summed E-state index contributed by atoms with van der Waals surface area (Å²) in [4.78, 5) is 0. The van der Waals surface area contributed by atoms with E-state index in [-0.39, 0.29) is 6.04 Å². The molecule has 16 heavy (non-hydrogen) atoms. The summed E-state index contributed by atoms with van der Waals surface area (Å²) >= 11 is 0. The molecule has 1 fully saturated rings. The van der Waals surface area contributed by atoms with Gasteiger partial charge in [0.1, 0.15) is 0 Å². The van der Waals surface area contributed by atoms with Crippen molar-refractivity contribution < 1.29 is 8.42 Å². The van der Waals surface area contributed by atoms with Crippen LogP contribution < -0.4 is 5.32 Å². The van der Waals surface area contributed by atoms with E-state index in [0.29, 0.717) is 18.8 Å². The first-order valence-corrected chi connectivity index (χ1v) is 7.88. The number of hydrogen-bond acceptors (Lipinski definition) is 3. The minimum absolute atomic E-state index is 0.261. The summed E-state index contributed by atoms with van der Waals surface area (Å²) in [7, 11) is -3.00. The van der Waals surface area contributed by atoms with E-state index in [0.717, 1.165) is 32.2 Å². The Morgan fingerprint density at radius 2 is 2.12 bits per heavy atom. The molecule has 0 aromatic rings. The lowest BCUT2D eigenvalue weighted by molar-refractivity contribution is 0.346. The molecule has 0 aromatic carbocycles. The first-order chi connectivity index (χ1) is 7.56. The van der Waals surface area contributed by atoms with Crippen molar-refractivity contribution in [1.82, 2.24) is 9.62 Å². The molecule has 1 saturated heterocycles. The van der Waals surface area contributed by atoms with Gasteiger partial charge >= 0.3 is 0 Å². The zero-order chi connectivity index (χ0) is 12.0. The number of nitrogens with one attached hydrogen (secondary N) is 1. The van der Waals surface area contributed by atoms with Gasteiger partial charge in [0.15, 0.2) is 0 Å². The molecule has 0 radical (unpaired) electrons. The molecule has 1 heterocycles. The van der Waals surface area contributed by atoms with Gasteiger partial charge in [0.25, 0.3) is 0 Å². The number of sulfonamides is 1. The Kier molecular flexibility index (Phi) is 5.72. The molecule has 0 bridgehead atoms. The zero-order valence-corrected chi connectivity index (χ0v) is 11.2. The van der Waals surface area contributed by atoms with Crippen LogP contribution in [-0.4, -0.2) is 44.2 Å². The Bertz CT molecular complexity index is 290. The maximum atomic E-state index is 12.0. The van der Waals surface area contributed by atoms with Crippen LogP contribution >= 0.6 is 0 Å². The van der Waals surface area contributed by atoms with Gasteiger partial charge in [-0.25, -0.2) is 12.7 Å². The highest BCUT2D eigenvalue weighted by Gasteiger charge is 2.24. The predicted molar refractivity (Wildman–Crippen MR) is 67.0 cm³/mol. The van der Waals surface area contributed by atoms with Crippen molar-refractivity contribution in [3.63, 3.8) is 0 Å². The first kappa shape index (κ1) is 13.9. The van der Waals surface area contributed by atoms with Crippen molar-refractivity contribution in [3.05, 3.63) is 0 Å². The van der Waals surface area contributed by atoms with Gasteiger partial charge in [0, 0.05) is 19.1 Å². The third-order valence-corrected chi connectivity index (χ3v) is 4.88. The van der Waals surface area contributed by atoms with E-state index >= 15 is 0 Å². The quantitative estimate of drug-likeness (QED) is 0.760. The number of rotatable bonds is 4. The molecule has 0 aliphatic carbocycles. The fraction of sp³-hybridized carbons (Fsp3) is 1.00. The Morgan fingerprint density at radius 3 is 2.81 bits per heavy atom. The standard InChI is InChI=1S/C11H24N2O2S/c1-3-4-5-8-13-10-11(2)12-7-6-9-16(13,14)15/h11-12H,3-10H2,1-2H3. The Hall–Kier alpha value is -0.130. The zero-order valence-electron chi connectivity index (χ0n) is 10.4. The number of hydrogen-bond donors (Lipinski definition) is 1. The number of unbranched alkanes of at least 4 members (excludes halogenated alkanes) is 2. The highest BCUT2D eigenvalue weighted by atomic mass is 32.2. The van der Waals surface area contributed by atoms with Gasteiger partial charge in [-0.2, -0.15) is 0 Å². The Balaban J connectivity index is 2.58. The van der Waals surface area contributed by atoms with Crippen molar-refractivity contribution in [1.29, 1.82) is 0 Å². The fourth-order valence-corrected chi connectivity index (χ4v) is 3.61. The second kappa shape index (κ2) is 6.57. The van der Waals surface area contributed by atoms with Crippen molar-refractivity contribution in [2.75, 3.05) is 25.4 Å². The van der Waals surface area contributed by atoms with Crippen LogP contribution in [0, 0.1) is 0 Å². The molecule has 1 aliphatic rings. The van der Waals surface area contributed by atoms with Gasteiger partial charge in [0.05, 0.1) is 5.75 Å². The highest BCUT2D eigenvalue weighted by Crippen LogP contribution is 2.10. The third-order valence-electron chi connectivity index (χ3n) is 2.95. The molecular weight excluding hydrogens is 224 g/mol. The summed E-state index contributed by atoms with van der Waals surface area (Å²) in [6, 6.07) is 0.261. The van der Waals surface area contributed by atoms with Crippen LogP contribution in [0.3, 0.4) is 0 Å². The van der Waals surface area contributed by atoms with Crippen LogP contribution in [0.25, 0.3) is 0 Å². The lowest BCUT2D eigenvalue weighted by atomic mass is 10.2. The average molecular weight is 248 g/mol. The van der Waals surface area contributed by atoms with Crippen LogP contribution in [0.2, 0.25) is 0 Å². The maximum absolute atomic E-state index is 12.0. The van der Waals surface area contributed by atoms with E-state index in [9.17, 15) is 8.42 Å². The normalized spacial score (nSPS) is 27.2. The minimum atomic E-state index is -3.00. The maximum Gasteiger partial charge on any atom is 0.214 e. The molecule has 1 unspecified atom stereocenters. The molecule has 1 aliphatic heterocycles. The van der Waals surface area contributed by atoms with Crippen LogP contribution in [0.5, 0.6) is 0 Å². The molecule has 5 heteroatoms. The lowest BCUT2D eigenvalue weighted by Gasteiger charge is -2.28. The van der Waals surface area contributed by atoms with Crippen molar-refractivity contribution >= 4 is 10.0 Å². The van der Waals surface area contributed by atoms with Crippen LogP contribution in [0.15, 0.2) is 0 Å². The summed E-state index contributed by atoms with van der Waals surface area (Å²) in [6.45, 7) is 6.29. The average Bonchev–Trinajstić information content (AvgIpc) is 2.22. The Morgan fingerprint density at radius 1 is 1.38 bits per heavy atom. The molecule has 1 rings (SSSR count). The van der Waals surface area contributed by atoms with E-state index < -0.39 is 10.0 Å². The monoisotopic (exact) mass is 248 g/mol. The second-order valence-corrected chi connectivity index (χ2v) is 6.68. The fourth-order valence-electron chi connectivity index (χ4n) is 1.98. The summed E-state index contributed by atoms with van der Waals surface area (Å²) < 4.78 is 25.7. The van der Waals surface area contributed by atoms with Crippen LogP contribution in [0.4, 0.5) is 0 Å². The SMILES string of the molecule is CCCCCN1CC(C)NCCCS1(=O)=O. The van der Waals surface area contributed by atoms with Crippen molar-refractivity contribution in [2.24, 2.45) is 0 Å². The highest BCUT2D eigenvalue weighted by molar-refractivity contribution is 7.89. The summed E-state index contributed by atoms with van der Waals surface area (Å²) in [5.41, 5.74) is 0. The third kappa shape index (κ3) is 4.39. The van der Waals surface area contributed by atoms with Crippen molar-refractivity contribution in [2.45, 2.75) is 45.6 Å². The van der Waals surface area contributed by atoms with Gasteiger partial charge in [-0.05, 0) is 26.3 Å². The predicted octanol–water partition coefficient (Wildman–Crippen LogP) is 1.19. The first-order valence-electron chi connectivity index (χ1n) is 6.27. The smallest absolute Gasteiger partial charge is 0.214 e. The van der Waals surface area contributed by atoms with Gasteiger partial charge in [-0.15, -0.1) is 0 Å². The molecule has 0 amide bonds. The minimum Gasteiger partial charge on any atom is -0.313 e. The van der Waals surface area contributed by atoms with E-state index in [2.05, 4.69) is 12.2 Å². The number of nitrogens with zero attached hydrogens (tertiary/aromatic N) is 1. The van der Waals surface area contributed by atoms with Crippen LogP contribution in [0.1, 0.15) is 39.5 Å². The van der Waals surface area contributed by atoms with E-state index in [1.165, 1.54) is 0 Å². The summed E-state index contributed by atoms with van der Waals surface area (Å²) in [5, 5.41) is 3.34. The topological polar surface area (TPSA) is 49.4 Å². The van der Waals surface area contributed by atoms with Gasteiger partial charge in [-0.3, -0.25) is 0 Å². The molecular formula is C11H24N2O2S. The molecule has 1 N–H and O–H groups in total. The van der Waals surface area contributed by atoms with Gasteiger partial charge < -0.3 is 5.32 Å². The molecule has 0 aromatic heterocycles. The molecule has 4 nitrogen and oxygen atoms in total. The van der Waals surface area contributed by atoms with Gasteiger partial charge in [-0.1, -0.05) is 19.8 Å². The largest absolute Gasteiger partial charge is 0.313 e. The van der Waals surface area contributed by atoms with Crippen molar-refractivity contribution in [3.8, 4) is 0 Å². The molecule has 0 spiro atoms. The second-order valence-electron chi connectivity index (χ2n) is 4.59. The Labute approximate surface area is 99.5 Å². The molecule has 0 saturated carbocycles. The molecule has 1 atom stereocenters. The lowest BCUT2D eigenvalue weighted by Crippen LogP contribution is -2.46.